The first-order chi connectivity index (χ1) is 14.3. The number of phenols is 2. The van der Waals surface area contributed by atoms with E-state index >= 15 is 0 Å². The topological polar surface area (TPSA) is 113 Å². The van der Waals surface area contributed by atoms with Crippen LogP contribution in [0.25, 0.3) is 12.2 Å². The van der Waals surface area contributed by atoms with E-state index < -0.39 is 6.10 Å². The van der Waals surface area contributed by atoms with Crippen LogP contribution < -0.4 is 9.47 Å². The van der Waals surface area contributed by atoms with Crippen molar-refractivity contribution < 1.29 is 34.4 Å². The van der Waals surface area contributed by atoms with Crippen LogP contribution in [0.1, 0.15) is 24.5 Å². The number of aliphatic hydroxyl groups excluding tert-OH is 1. The third-order valence-corrected chi connectivity index (χ3v) is 4.04. The van der Waals surface area contributed by atoms with Crippen molar-refractivity contribution in [2.24, 2.45) is 0 Å². The molecule has 7 heteroatoms. The maximum atomic E-state index is 12.1. The van der Waals surface area contributed by atoms with Crippen LogP contribution in [0, 0.1) is 0 Å². The summed E-state index contributed by atoms with van der Waals surface area (Å²) in [4.78, 5) is 24.1. The lowest BCUT2D eigenvalue weighted by Crippen LogP contribution is -2.16. The second-order valence-corrected chi connectivity index (χ2v) is 6.55. The Kier molecular flexibility index (Phi) is 8.19. The standard InChI is InChI=1S/C23H24O7/c1-15(14-24)30-23-12-17(6-10-21(23)28)4-8-19(26)13-18(25)7-3-16-5-9-20(27)22(11-16)29-2/h3-12,15,24,27-28H,13-14H2,1-2H3/b7-3+,8-4+. The van der Waals surface area contributed by atoms with Crippen LogP contribution in [0.2, 0.25) is 0 Å². The molecule has 158 valence electrons. The molecule has 0 amide bonds. The molecule has 0 aliphatic carbocycles. The Hall–Kier alpha value is -3.58. The van der Waals surface area contributed by atoms with E-state index in [-0.39, 0.29) is 47.6 Å². The van der Waals surface area contributed by atoms with E-state index in [9.17, 15) is 19.8 Å². The number of rotatable bonds is 10. The van der Waals surface area contributed by atoms with Gasteiger partial charge < -0.3 is 24.8 Å². The number of allylic oxidation sites excluding steroid dienone is 2. The van der Waals surface area contributed by atoms with Crippen molar-refractivity contribution in [1.82, 2.24) is 0 Å². The number of methoxy groups -OCH3 is 1. The molecule has 0 aromatic heterocycles. The predicted molar refractivity (Wildman–Crippen MR) is 113 cm³/mol. The first-order valence-electron chi connectivity index (χ1n) is 9.21. The summed E-state index contributed by atoms with van der Waals surface area (Å²) in [7, 11) is 1.43. The molecule has 0 spiro atoms. The summed E-state index contributed by atoms with van der Waals surface area (Å²) in [5.41, 5.74) is 1.25. The third-order valence-electron chi connectivity index (χ3n) is 4.04. The van der Waals surface area contributed by atoms with Crippen molar-refractivity contribution in [3.05, 3.63) is 59.7 Å². The molecule has 0 bridgehead atoms. The van der Waals surface area contributed by atoms with Gasteiger partial charge in [0.25, 0.3) is 0 Å². The van der Waals surface area contributed by atoms with E-state index in [0.29, 0.717) is 11.1 Å². The Balaban J connectivity index is 1.97. The van der Waals surface area contributed by atoms with Gasteiger partial charge in [0.05, 0.1) is 20.1 Å². The number of carbonyl (C=O) groups excluding carboxylic acids is 2. The highest BCUT2D eigenvalue weighted by molar-refractivity contribution is 6.10. The predicted octanol–water partition coefficient (Wildman–Crippen LogP) is 3.12. The number of aromatic hydroxyl groups is 2. The van der Waals surface area contributed by atoms with Crippen molar-refractivity contribution in [1.29, 1.82) is 0 Å². The lowest BCUT2D eigenvalue weighted by Gasteiger charge is -2.13. The Morgan fingerprint density at radius 1 is 0.933 bits per heavy atom. The minimum absolute atomic E-state index is 0.00472. The lowest BCUT2D eigenvalue weighted by molar-refractivity contribution is -0.121. The number of hydrogen-bond acceptors (Lipinski definition) is 7. The molecular weight excluding hydrogens is 388 g/mol. The van der Waals surface area contributed by atoms with Crippen LogP contribution in [0.5, 0.6) is 23.0 Å². The quantitative estimate of drug-likeness (QED) is 0.406. The largest absolute Gasteiger partial charge is 0.504 e. The van der Waals surface area contributed by atoms with Crippen LogP contribution in [0.15, 0.2) is 48.6 Å². The Bertz CT molecular complexity index is 960. The first kappa shape index (κ1) is 22.7. The number of aliphatic hydroxyl groups is 1. The molecule has 3 N–H and O–H groups in total. The molecule has 2 aromatic carbocycles. The molecule has 0 aliphatic heterocycles. The Labute approximate surface area is 174 Å². The summed E-state index contributed by atoms with van der Waals surface area (Å²) in [6.45, 7) is 1.45. The molecule has 0 aliphatic rings. The van der Waals surface area contributed by atoms with Gasteiger partial charge in [-0.15, -0.1) is 0 Å². The average Bonchev–Trinajstić information content (AvgIpc) is 2.73. The molecule has 0 fully saturated rings. The van der Waals surface area contributed by atoms with Crippen molar-refractivity contribution >= 4 is 23.7 Å². The van der Waals surface area contributed by atoms with E-state index in [4.69, 9.17) is 14.6 Å². The minimum atomic E-state index is -0.491. The van der Waals surface area contributed by atoms with Crippen molar-refractivity contribution in [3.8, 4) is 23.0 Å². The maximum absolute atomic E-state index is 12.1. The highest BCUT2D eigenvalue weighted by Crippen LogP contribution is 2.28. The maximum Gasteiger partial charge on any atom is 0.163 e. The SMILES string of the molecule is COc1cc(/C=C/C(=O)CC(=O)/C=C/c2ccc(O)c(OC(C)CO)c2)ccc1O. The van der Waals surface area contributed by atoms with Crippen LogP contribution >= 0.6 is 0 Å². The molecule has 0 radical (unpaired) electrons. The van der Waals surface area contributed by atoms with Gasteiger partial charge in [-0.2, -0.15) is 0 Å². The first-order valence-corrected chi connectivity index (χ1v) is 9.21. The van der Waals surface area contributed by atoms with Crippen LogP contribution in [0.4, 0.5) is 0 Å². The van der Waals surface area contributed by atoms with E-state index in [1.165, 1.54) is 49.6 Å². The summed E-state index contributed by atoms with van der Waals surface area (Å²) >= 11 is 0. The molecule has 7 nitrogen and oxygen atoms in total. The van der Waals surface area contributed by atoms with Crippen LogP contribution in [-0.4, -0.2) is 46.7 Å². The van der Waals surface area contributed by atoms with Gasteiger partial charge in [-0.05, 0) is 54.5 Å². The average molecular weight is 412 g/mol. The summed E-state index contributed by atoms with van der Waals surface area (Å²) in [6.07, 6.45) is 4.83. The number of phenolic OH excluding ortho intramolecular Hbond substituents is 2. The summed E-state index contributed by atoms with van der Waals surface area (Å²) < 4.78 is 10.4. The Morgan fingerprint density at radius 3 is 1.93 bits per heavy atom. The summed E-state index contributed by atoms with van der Waals surface area (Å²) in [6, 6.07) is 9.19. The molecule has 0 heterocycles. The zero-order valence-corrected chi connectivity index (χ0v) is 16.7. The van der Waals surface area contributed by atoms with Crippen LogP contribution in [0.3, 0.4) is 0 Å². The molecule has 0 saturated heterocycles. The zero-order valence-electron chi connectivity index (χ0n) is 16.7. The summed E-state index contributed by atoms with van der Waals surface area (Å²) in [5.74, 6) is -0.362. The van der Waals surface area contributed by atoms with Crippen molar-refractivity contribution in [2.75, 3.05) is 13.7 Å². The van der Waals surface area contributed by atoms with Gasteiger partial charge in [0, 0.05) is 0 Å². The van der Waals surface area contributed by atoms with Crippen molar-refractivity contribution in [2.45, 2.75) is 19.4 Å². The molecule has 1 atom stereocenters. The van der Waals surface area contributed by atoms with Gasteiger partial charge >= 0.3 is 0 Å². The van der Waals surface area contributed by atoms with Gasteiger partial charge in [-0.1, -0.05) is 24.3 Å². The second kappa shape index (κ2) is 10.8. The van der Waals surface area contributed by atoms with E-state index in [1.807, 2.05) is 0 Å². The molecule has 0 saturated carbocycles. The number of ether oxygens (including phenoxy) is 2. The summed E-state index contributed by atoms with van der Waals surface area (Å²) in [5, 5.41) is 28.4. The molecule has 2 aromatic rings. The third kappa shape index (κ3) is 6.79. The van der Waals surface area contributed by atoms with E-state index in [1.54, 1.807) is 25.1 Å². The molecule has 1 unspecified atom stereocenters. The van der Waals surface area contributed by atoms with Gasteiger partial charge in [-0.25, -0.2) is 0 Å². The smallest absolute Gasteiger partial charge is 0.163 e. The van der Waals surface area contributed by atoms with E-state index in [2.05, 4.69) is 0 Å². The number of hydrogen-bond donors (Lipinski definition) is 3. The molecule has 2 rings (SSSR count). The zero-order chi connectivity index (χ0) is 22.1. The van der Waals surface area contributed by atoms with Gasteiger partial charge in [0.15, 0.2) is 34.6 Å². The fourth-order valence-corrected chi connectivity index (χ4v) is 2.45. The monoisotopic (exact) mass is 412 g/mol. The Morgan fingerprint density at radius 2 is 1.43 bits per heavy atom. The number of benzene rings is 2. The van der Waals surface area contributed by atoms with Gasteiger partial charge in [-0.3, -0.25) is 9.59 Å². The molecule has 30 heavy (non-hydrogen) atoms. The highest BCUT2D eigenvalue weighted by Gasteiger charge is 2.08. The van der Waals surface area contributed by atoms with Gasteiger partial charge in [0.1, 0.15) is 6.10 Å². The fourth-order valence-electron chi connectivity index (χ4n) is 2.45. The normalized spacial score (nSPS) is 12.2. The lowest BCUT2D eigenvalue weighted by atomic mass is 10.1. The second-order valence-electron chi connectivity index (χ2n) is 6.55. The minimum Gasteiger partial charge on any atom is -0.504 e. The van der Waals surface area contributed by atoms with Crippen molar-refractivity contribution in [3.63, 3.8) is 0 Å². The van der Waals surface area contributed by atoms with Crippen LogP contribution in [-0.2, 0) is 9.59 Å². The number of ketones is 2. The molecular formula is C23H24O7. The fraction of sp³-hybridized carbons (Fsp3) is 0.217. The number of carbonyl (C=O) groups is 2. The van der Waals surface area contributed by atoms with E-state index in [0.717, 1.165) is 0 Å². The van der Waals surface area contributed by atoms with Gasteiger partial charge in [0.2, 0.25) is 0 Å². The highest BCUT2D eigenvalue weighted by atomic mass is 16.5.